The van der Waals surface area contributed by atoms with E-state index in [0.29, 0.717) is 22.6 Å². The monoisotopic (exact) mass is 275 g/mol. The van der Waals surface area contributed by atoms with E-state index in [1.54, 1.807) is 6.07 Å². The van der Waals surface area contributed by atoms with Crippen molar-refractivity contribution in [1.29, 1.82) is 0 Å². The van der Waals surface area contributed by atoms with Crippen LogP contribution >= 0.6 is 11.6 Å². The number of hydrazine groups is 1. The Bertz CT molecular complexity index is 597. The highest BCUT2D eigenvalue weighted by atomic mass is 35.5. The molecule has 4 N–H and O–H groups in total. The zero-order valence-electron chi connectivity index (χ0n) is 10.2. The normalized spacial score (nSPS) is 14.2. The second-order valence-corrected chi connectivity index (χ2v) is 4.99. The Kier molecular flexibility index (Phi) is 3.23. The number of hydrogen-bond donors (Lipinski definition) is 3. The molecule has 1 aliphatic carbocycles. The van der Waals surface area contributed by atoms with Gasteiger partial charge in [-0.3, -0.25) is 0 Å². The van der Waals surface area contributed by atoms with Crippen molar-refractivity contribution in [2.75, 3.05) is 10.7 Å². The Hall–Kier alpha value is -1.85. The minimum atomic E-state index is 0.466. The van der Waals surface area contributed by atoms with Crippen molar-refractivity contribution in [3.63, 3.8) is 0 Å². The molecule has 5 nitrogen and oxygen atoms in total. The summed E-state index contributed by atoms with van der Waals surface area (Å²) in [6, 6.07) is 9.26. The van der Waals surface area contributed by atoms with Crippen molar-refractivity contribution in [3.05, 3.63) is 41.2 Å². The van der Waals surface area contributed by atoms with Crippen molar-refractivity contribution in [2.24, 2.45) is 5.84 Å². The summed E-state index contributed by atoms with van der Waals surface area (Å²) in [5.41, 5.74) is 3.46. The van der Waals surface area contributed by atoms with Crippen LogP contribution in [0.5, 0.6) is 0 Å². The summed E-state index contributed by atoms with van der Waals surface area (Å²) in [5.74, 6) is 8.06. The lowest BCUT2D eigenvalue weighted by molar-refractivity contribution is 0.929. The highest BCUT2D eigenvalue weighted by Gasteiger charge is 2.27. The Morgan fingerprint density at radius 2 is 1.95 bits per heavy atom. The van der Waals surface area contributed by atoms with Crippen LogP contribution < -0.4 is 16.6 Å². The van der Waals surface area contributed by atoms with E-state index in [0.717, 1.165) is 24.4 Å². The topological polar surface area (TPSA) is 75.9 Å². The van der Waals surface area contributed by atoms with E-state index < -0.39 is 0 Å². The molecule has 0 bridgehead atoms. The van der Waals surface area contributed by atoms with Gasteiger partial charge >= 0.3 is 0 Å². The smallest absolute Gasteiger partial charge is 0.145 e. The van der Waals surface area contributed by atoms with Gasteiger partial charge in [-0.2, -0.15) is 0 Å². The molecule has 6 heteroatoms. The largest absolute Gasteiger partial charge is 0.340 e. The molecule has 1 heterocycles. The van der Waals surface area contributed by atoms with Gasteiger partial charge in [0.1, 0.15) is 17.5 Å². The van der Waals surface area contributed by atoms with Crippen molar-refractivity contribution in [3.8, 4) is 0 Å². The van der Waals surface area contributed by atoms with Crippen LogP contribution in [-0.2, 0) is 0 Å². The summed E-state index contributed by atoms with van der Waals surface area (Å²) in [7, 11) is 0. The first-order chi connectivity index (χ1) is 9.24. The molecule has 1 aliphatic rings. The van der Waals surface area contributed by atoms with Crippen molar-refractivity contribution >= 4 is 28.9 Å². The summed E-state index contributed by atoms with van der Waals surface area (Å²) in [6.07, 6.45) is 2.29. The zero-order chi connectivity index (χ0) is 13.2. The fourth-order valence-electron chi connectivity index (χ4n) is 1.84. The van der Waals surface area contributed by atoms with Crippen LogP contribution in [0.4, 0.5) is 17.3 Å². The van der Waals surface area contributed by atoms with Gasteiger partial charge in [0, 0.05) is 22.7 Å². The lowest BCUT2D eigenvalue weighted by Gasteiger charge is -2.09. The van der Waals surface area contributed by atoms with Gasteiger partial charge < -0.3 is 10.7 Å². The maximum atomic E-state index is 5.96. The predicted molar refractivity (Wildman–Crippen MR) is 76.6 cm³/mol. The van der Waals surface area contributed by atoms with Crippen LogP contribution in [0.3, 0.4) is 0 Å². The maximum Gasteiger partial charge on any atom is 0.145 e. The Morgan fingerprint density at radius 3 is 2.63 bits per heavy atom. The van der Waals surface area contributed by atoms with Crippen LogP contribution in [-0.4, -0.2) is 9.97 Å². The van der Waals surface area contributed by atoms with Crippen molar-refractivity contribution in [1.82, 2.24) is 9.97 Å². The maximum absolute atomic E-state index is 5.96. The number of anilines is 3. The lowest BCUT2D eigenvalue weighted by Crippen LogP contribution is -2.11. The highest BCUT2D eigenvalue weighted by molar-refractivity contribution is 6.30. The SMILES string of the molecule is NNc1cc(Nc2cccc(Cl)c2)nc(C2CC2)n1. The number of nitrogen functional groups attached to an aromatic ring is 1. The number of nitrogens with zero attached hydrogens (tertiary/aromatic N) is 2. The molecule has 0 spiro atoms. The Morgan fingerprint density at radius 1 is 1.16 bits per heavy atom. The summed E-state index contributed by atoms with van der Waals surface area (Å²) in [4.78, 5) is 8.87. The second kappa shape index (κ2) is 5.03. The highest BCUT2D eigenvalue weighted by Crippen LogP contribution is 2.39. The molecule has 19 heavy (non-hydrogen) atoms. The van der Waals surface area contributed by atoms with Gasteiger partial charge in [-0.25, -0.2) is 15.8 Å². The Balaban J connectivity index is 1.89. The molecule has 1 fully saturated rings. The number of nitrogens with two attached hydrogens (primary N) is 1. The molecular weight excluding hydrogens is 262 g/mol. The van der Waals surface area contributed by atoms with Gasteiger partial charge in [0.2, 0.25) is 0 Å². The fraction of sp³-hybridized carbons (Fsp3) is 0.231. The zero-order valence-corrected chi connectivity index (χ0v) is 11.0. The van der Waals surface area contributed by atoms with Crippen LogP contribution in [0.25, 0.3) is 0 Å². The van der Waals surface area contributed by atoms with Crippen molar-refractivity contribution < 1.29 is 0 Å². The molecule has 1 aromatic carbocycles. The minimum Gasteiger partial charge on any atom is -0.340 e. The lowest BCUT2D eigenvalue weighted by atomic mass is 10.3. The molecule has 1 aromatic heterocycles. The first kappa shape index (κ1) is 12.2. The third kappa shape index (κ3) is 2.94. The molecular formula is C13H14ClN5. The molecule has 0 amide bonds. The standard InChI is InChI=1S/C13H14ClN5/c14-9-2-1-3-10(6-9)16-11-7-12(19-15)18-13(17-11)8-4-5-8/h1-3,6-8H,4-5,15H2,(H2,16,17,18,19). The average Bonchev–Trinajstić information content (AvgIpc) is 3.22. The minimum absolute atomic E-state index is 0.466. The number of aromatic nitrogens is 2. The third-order valence-corrected chi connectivity index (χ3v) is 3.17. The summed E-state index contributed by atoms with van der Waals surface area (Å²) < 4.78 is 0. The van der Waals surface area contributed by atoms with E-state index in [4.69, 9.17) is 17.4 Å². The van der Waals surface area contributed by atoms with Crippen molar-refractivity contribution in [2.45, 2.75) is 18.8 Å². The average molecular weight is 276 g/mol. The van der Waals surface area contributed by atoms with Crippen LogP contribution in [0, 0.1) is 0 Å². The predicted octanol–water partition coefficient (Wildman–Crippen LogP) is 3.04. The van der Waals surface area contributed by atoms with Crippen LogP contribution in [0.1, 0.15) is 24.6 Å². The van der Waals surface area contributed by atoms with E-state index in [2.05, 4.69) is 20.7 Å². The molecule has 0 radical (unpaired) electrons. The fourth-order valence-corrected chi connectivity index (χ4v) is 2.03. The first-order valence-electron chi connectivity index (χ1n) is 6.13. The quantitative estimate of drug-likeness (QED) is 0.591. The van der Waals surface area contributed by atoms with E-state index in [1.807, 2.05) is 24.3 Å². The number of rotatable bonds is 4. The van der Waals surface area contributed by atoms with E-state index >= 15 is 0 Å². The first-order valence-corrected chi connectivity index (χ1v) is 6.50. The van der Waals surface area contributed by atoms with Gasteiger partial charge in [-0.1, -0.05) is 17.7 Å². The summed E-state index contributed by atoms with van der Waals surface area (Å²) >= 11 is 5.96. The van der Waals surface area contributed by atoms with E-state index in [-0.39, 0.29) is 0 Å². The third-order valence-electron chi connectivity index (χ3n) is 2.93. The number of halogens is 1. The van der Waals surface area contributed by atoms with E-state index in [1.165, 1.54) is 0 Å². The van der Waals surface area contributed by atoms with Crippen LogP contribution in [0.2, 0.25) is 5.02 Å². The summed E-state index contributed by atoms with van der Waals surface area (Å²) in [6.45, 7) is 0. The molecule has 3 rings (SSSR count). The molecule has 0 atom stereocenters. The van der Waals surface area contributed by atoms with Gasteiger partial charge in [0.05, 0.1) is 0 Å². The summed E-state index contributed by atoms with van der Waals surface area (Å²) in [5, 5.41) is 3.89. The van der Waals surface area contributed by atoms with Gasteiger partial charge in [0.25, 0.3) is 0 Å². The second-order valence-electron chi connectivity index (χ2n) is 4.55. The Labute approximate surface area is 116 Å². The number of nitrogens with one attached hydrogen (secondary N) is 2. The van der Waals surface area contributed by atoms with Gasteiger partial charge in [0.15, 0.2) is 0 Å². The number of benzene rings is 1. The van der Waals surface area contributed by atoms with Gasteiger partial charge in [-0.15, -0.1) is 0 Å². The molecule has 0 unspecified atom stereocenters. The van der Waals surface area contributed by atoms with E-state index in [9.17, 15) is 0 Å². The molecule has 98 valence electrons. The molecule has 1 saturated carbocycles. The molecule has 0 aliphatic heterocycles. The molecule has 0 saturated heterocycles. The molecule has 2 aromatic rings. The van der Waals surface area contributed by atoms with Gasteiger partial charge in [-0.05, 0) is 31.0 Å². The number of hydrogen-bond acceptors (Lipinski definition) is 5. The van der Waals surface area contributed by atoms with Crippen LogP contribution in [0.15, 0.2) is 30.3 Å².